The third kappa shape index (κ3) is 3.00. The molecule has 6 nitrogen and oxygen atoms in total. The summed E-state index contributed by atoms with van der Waals surface area (Å²) in [4.78, 5) is 24.9. The van der Waals surface area contributed by atoms with Crippen molar-refractivity contribution in [2.45, 2.75) is 59.0 Å². The molecule has 2 heterocycles. The number of nitrogens with zero attached hydrogens (tertiary/aromatic N) is 2. The number of carbonyl (C=O) groups excluding carboxylic acids is 1. The van der Waals surface area contributed by atoms with Gasteiger partial charge in [-0.1, -0.05) is 12.1 Å². The van der Waals surface area contributed by atoms with Crippen molar-refractivity contribution in [2.75, 3.05) is 0 Å². The second-order valence-corrected chi connectivity index (χ2v) is 6.50. The van der Waals surface area contributed by atoms with Crippen LogP contribution in [0.4, 0.5) is 0 Å². The number of hydrogen-bond donors (Lipinski definition) is 1. The van der Waals surface area contributed by atoms with Crippen LogP contribution < -0.4 is 10.7 Å². The fourth-order valence-corrected chi connectivity index (χ4v) is 3.17. The first kappa shape index (κ1) is 16.5. The maximum absolute atomic E-state index is 12.7. The molecule has 1 atom stereocenters. The van der Waals surface area contributed by atoms with Gasteiger partial charge in [-0.3, -0.25) is 9.59 Å². The lowest BCUT2D eigenvalue weighted by molar-refractivity contribution is 0.0933. The van der Waals surface area contributed by atoms with Crippen LogP contribution in [-0.4, -0.2) is 15.6 Å². The Hall–Kier alpha value is -2.37. The SMILES string of the molecule is CCC(NC(=O)c1cn(C2CC2)c(C)cc1=O)c1c(C)noc1C. The van der Waals surface area contributed by atoms with Gasteiger partial charge in [-0.2, -0.15) is 0 Å². The van der Waals surface area contributed by atoms with E-state index in [2.05, 4.69) is 10.5 Å². The van der Waals surface area contributed by atoms with Crippen molar-refractivity contribution in [1.82, 2.24) is 15.0 Å². The van der Waals surface area contributed by atoms with Crippen LogP contribution in [0.2, 0.25) is 0 Å². The number of nitrogens with one attached hydrogen (secondary N) is 1. The molecule has 0 aromatic carbocycles. The zero-order valence-electron chi connectivity index (χ0n) is 14.5. The molecule has 2 aromatic heterocycles. The smallest absolute Gasteiger partial charge is 0.257 e. The minimum absolute atomic E-state index is 0.192. The van der Waals surface area contributed by atoms with Crippen LogP contribution in [0.5, 0.6) is 0 Å². The third-order valence-electron chi connectivity index (χ3n) is 4.62. The Kier molecular flexibility index (Phi) is 4.30. The van der Waals surface area contributed by atoms with E-state index in [9.17, 15) is 9.59 Å². The van der Waals surface area contributed by atoms with Gasteiger partial charge >= 0.3 is 0 Å². The van der Waals surface area contributed by atoms with Crippen LogP contribution in [0, 0.1) is 20.8 Å². The molecule has 1 N–H and O–H groups in total. The molecule has 6 heteroatoms. The highest BCUT2D eigenvalue weighted by Gasteiger charge is 2.27. The predicted octanol–water partition coefficient (Wildman–Crippen LogP) is 2.98. The third-order valence-corrected chi connectivity index (χ3v) is 4.62. The van der Waals surface area contributed by atoms with E-state index in [0.29, 0.717) is 18.2 Å². The van der Waals surface area contributed by atoms with Gasteiger partial charge in [0, 0.05) is 29.6 Å². The van der Waals surface area contributed by atoms with Crippen LogP contribution in [0.3, 0.4) is 0 Å². The Labute approximate surface area is 140 Å². The first-order valence-electron chi connectivity index (χ1n) is 8.38. The number of pyridine rings is 1. The van der Waals surface area contributed by atoms with E-state index in [1.165, 1.54) is 0 Å². The molecule has 2 aromatic rings. The lowest BCUT2D eigenvalue weighted by Crippen LogP contribution is -2.33. The summed E-state index contributed by atoms with van der Waals surface area (Å²) in [6.45, 7) is 7.57. The average Bonchev–Trinajstić information content (AvgIpc) is 3.31. The summed E-state index contributed by atoms with van der Waals surface area (Å²) >= 11 is 0. The van der Waals surface area contributed by atoms with E-state index >= 15 is 0 Å². The fourth-order valence-electron chi connectivity index (χ4n) is 3.17. The average molecular weight is 329 g/mol. The molecule has 0 aliphatic heterocycles. The summed E-state index contributed by atoms with van der Waals surface area (Å²) in [5.41, 5.74) is 2.50. The van der Waals surface area contributed by atoms with E-state index in [-0.39, 0.29) is 22.9 Å². The number of aromatic nitrogens is 2. The van der Waals surface area contributed by atoms with Gasteiger partial charge in [-0.25, -0.2) is 0 Å². The first-order valence-corrected chi connectivity index (χ1v) is 8.38. The number of amides is 1. The first-order chi connectivity index (χ1) is 11.4. The van der Waals surface area contributed by atoms with Gasteiger partial charge in [0.1, 0.15) is 11.3 Å². The molecular formula is C18H23N3O3. The van der Waals surface area contributed by atoms with Gasteiger partial charge < -0.3 is 14.4 Å². The van der Waals surface area contributed by atoms with Crippen LogP contribution in [0.15, 0.2) is 21.6 Å². The molecule has 1 fully saturated rings. The maximum Gasteiger partial charge on any atom is 0.257 e. The summed E-state index contributed by atoms with van der Waals surface area (Å²) < 4.78 is 7.23. The molecule has 1 aliphatic carbocycles. The normalized spacial score (nSPS) is 15.3. The summed E-state index contributed by atoms with van der Waals surface area (Å²) in [5.74, 6) is 0.347. The number of rotatable bonds is 5. The zero-order valence-corrected chi connectivity index (χ0v) is 14.5. The Morgan fingerprint density at radius 2 is 2.12 bits per heavy atom. The van der Waals surface area contributed by atoms with Crippen LogP contribution in [0.25, 0.3) is 0 Å². The second-order valence-electron chi connectivity index (χ2n) is 6.50. The van der Waals surface area contributed by atoms with Gasteiger partial charge in [-0.15, -0.1) is 0 Å². The van der Waals surface area contributed by atoms with Crippen LogP contribution >= 0.6 is 0 Å². The highest BCUT2D eigenvalue weighted by Crippen LogP contribution is 2.35. The lowest BCUT2D eigenvalue weighted by atomic mass is 10.0. The zero-order chi connectivity index (χ0) is 17.4. The molecule has 0 bridgehead atoms. The van der Waals surface area contributed by atoms with E-state index in [1.807, 2.05) is 32.3 Å². The quantitative estimate of drug-likeness (QED) is 0.915. The van der Waals surface area contributed by atoms with Crippen molar-refractivity contribution in [1.29, 1.82) is 0 Å². The molecule has 3 rings (SSSR count). The Balaban J connectivity index is 1.89. The molecule has 0 spiro atoms. The molecule has 1 saturated carbocycles. The Morgan fingerprint density at radius 3 is 2.67 bits per heavy atom. The Morgan fingerprint density at radius 1 is 1.42 bits per heavy atom. The highest BCUT2D eigenvalue weighted by atomic mass is 16.5. The fraction of sp³-hybridized carbons (Fsp3) is 0.500. The molecule has 1 amide bonds. The second kappa shape index (κ2) is 6.26. The largest absolute Gasteiger partial charge is 0.361 e. The molecule has 0 radical (unpaired) electrons. The molecular weight excluding hydrogens is 306 g/mol. The van der Waals surface area contributed by atoms with Gasteiger partial charge in [0.25, 0.3) is 5.91 Å². The van der Waals surface area contributed by atoms with Gasteiger partial charge in [-0.05, 0) is 40.0 Å². The minimum Gasteiger partial charge on any atom is -0.361 e. The van der Waals surface area contributed by atoms with Crippen molar-refractivity contribution in [3.05, 3.63) is 50.8 Å². The van der Waals surface area contributed by atoms with Gasteiger partial charge in [0.15, 0.2) is 5.43 Å². The Bertz CT molecular complexity index is 811. The maximum atomic E-state index is 12.7. The van der Waals surface area contributed by atoms with E-state index < -0.39 is 0 Å². The molecule has 128 valence electrons. The van der Waals surface area contributed by atoms with E-state index in [4.69, 9.17) is 4.52 Å². The van der Waals surface area contributed by atoms with Gasteiger partial charge in [0.05, 0.1) is 11.7 Å². The highest BCUT2D eigenvalue weighted by molar-refractivity contribution is 5.94. The van der Waals surface area contributed by atoms with Gasteiger partial charge in [0.2, 0.25) is 0 Å². The van der Waals surface area contributed by atoms with Crippen molar-refractivity contribution < 1.29 is 9.32 Å². The summed E-state index contributed by atoms with van der Waals surface area (Å²) in [6, 6.07) is 1.74. The van der Waals surface area contributed by atoms with Crippen molar-refractivity contribution in [2.24, 2.45) is 0 Å². The molecule has 1 unspecified atom stereocenters. The summed E-state index contributed by atoms with van der Waals surface area (Å²) in [7, 11) is 0. The van der Waals surface area contributed by atoms with E-state index in [1.54, 1.807) is 12.3 Å². The number of hydrogen-bond acceptors (Lipinski definition) is 4. The summed E-state index contributed by atoms with van der Waals surface area (Å²) in [5, 5.41) is 6.91. The monoisotopic (exact) mass is 329 g/mol. The summed E-state index contributed by atoms with van der Waals surface area (Å²) in [6.07, 6.45) is 4.59. The number of carbonyl (C=O) groups is 1. The predicted molar refractivity (Wildman–Crippen MR) is 90.2 cm³/mol. The van der Waals surface area contributed by atoms with Crippen molar-refractivity contribution in [3.63, 3.8) is 0 Å². The van der Waals surface area contributed by atoms with Crippen LogP contribution in [-0.2, 0) is 0 Å². The topological polar surface area (TPSA) is 77.1 Å². The number of aryl methyl sites for hydroxylation is 3. The van der Waals surface area contributed by atoms with Crippen molar-refractivity contribution >= 4 is 5.91 Å². The lowest BCUT2D eigenvalue weighted by Gasteiger charge is -2.18. The van der Waals surface area contributed by atoms with Crippen molar-refractivity contribution in [3.8, 4) is 0 Å². The standard InChI is InChI=1S/C18H23N3O3/c1-5-15(17-11(3)20-24-12(17)4)19-18(23)14-9-21(13-6-7-13)10(2)8-16(14)22/h8-9,13,15H,5-7H2,1-4H3,(H,19,23). The molecule has 1 aliphatic rings. The molecule has 24 heavy (non-hydrogen) atoms. The van der Waals surface area contributed by atoms with Crippen LogP contribution in [0.1, 0.15) is 71.3 Å². The van der Waals surface area contributed by atoms with E-state index in [0.717, 1.165) is 29.8 Å². The minimum atomic E-state index is -0.346. The molecule has 0 saturated heterocycles.